The molecule has 1 aromatic carbocycles. The Hall–Kier alpha value is -0.860. The minimum absolute atomic E-state index is 0.172. The highest BCUT2D eigenvalue weighted by Crippen LogP contribution is 2.49. The van der Waals surface area contributed by atoms with E-state index >= 15 is 0 Å². The summed E-state index contributed by atoms with van der Waals surface area (Å²) in [6.45, 7) is 0. The van der Waals surface area contributed by atoms with Gasteiger partial charge in [-0.15, -0.1) is 0 Å². The topological polar surface area (TPSA) is 35.2 Å². The molecule has 0 aromatic heterocycles. The van der Waals surface area contributed by atoms with Crippen LogP contribution in [-0.2, 0) is 4.74 Å². The van der Waals surface area contributed by atoms with Crippen LogP contribution in [0.3, 0.4) is 0 Å². The zero-order chi connectivity index (χ0) is 8.13. The lowest BCUT2D eigenvalue weighted by atomic mass is 9.89. The zero-order valence-corrected chi connectivity index (χ0v) is 6.73. The molecule has 2 aliphatic rings. The van der Waals surface area contributed by atoms with E-state index in [1.54, 1.807) is 0 Å². The maximum atomic E-state index is 5.91. The zero-order valence-electron chi connectivity index (χ0n) is 6.73. The normalized spacial score (nSPS) is 36.9. The molecule has 1 fully saturated rings. The van der Waals surface area contributed by atoms with Gasteiger partial charge < -0.3 is 10.5 Å². The molecule has 0 amide bonds. The van der Waals surface area contributed by atoms with Gasteiger partial charge in [-0.25, -0.2) is 0 Å². The molecular weight excluding hydrogens is 150 g/mol. The molecule has 2 bridgehead atoms. The summed E-state index contributed by atoms with van der Waals surface area (Å²) < 4.78 is 5.73. The molecule has 12 heavy (non-hydrogen) atoms. The van der Waals surface area contributed by atoms with Gasteiger partial charge in [0, 0.05) is 6.04 Å². The highest BCUT2D eigenvalue weighted by atomic mass is 16.5. The Labute approximate surface area is 71.3 Å². The Balaban J connectivity index is 2.17. The van der Waals surface area contributed by atoms with E-state index < -0.39 is 0 Å². The van der Waals surface area contributed by atoms with E-state index in [1.807, 2.05) is 0 Å². The largest absolute Gasteiger partial charge is 0.364 e. The minimum Gasteiger partial charge on any atom is -0.364 e. The Kier molecular flexibility index (Phi) is 1.15. The van der Waals surface area contributed by atoms with E-state index in [0.29, 0.717) is 0 Å². The SMILES string of the molecule is N[C@@H]1C[C@H]2O[C@@H]1c1ccccc12. The van der Waals surface area contributed by atoms with Crippen LogP contribution in [0.5, 0.6) is 0 Å². The molecule has 2 heteroatoms. The molecule has 0 saturated carbocycles. The smallest absolute Gasteiger partial charge is 0.0988 e. The lowest BCUT2D eigenvalue weighted by Crippen LogP contribution is -2.25. The predicted octanol–water partition coefficient (Wildman–Crippen LogP) is 1.53. The number of ether oxygens (including phenoxy) is 1. The number of rotatable bonds is 0. The van der Waals surface area contributed by atoms with Crippen molar-refractivity contribution in [2.75, 3.05) is 0 Å². The van der Waals surface area contributed by atoms with Crippen LogP contribution in [0.2, 0.25) is 0 Å². The fraction of sp³-hybridized carbons (Fsp3) is 0.400. The number of hydrogen-bond acceptors (Lipinski definition) is 2. The molecule has 2 N–H and O–H groups in total. The van der Waals surface area contributed by atoms with Gasteiger partial charge in [0.05, 0.1) is 12.2 Å². The molecule has 1 aromatic rings. The van der Waals surface area contributed by atoms with Gasteiger partial charge in [0.15, 0.2) is 0 Å². The summed E-state index contributed by atoms with van der Waals surface area (Å²) in [6.07, 6.45) is 1.44. The summed E-state index contributed by atoms with van der Waals surface area (Å²) in [5.74, 6) is 0. The molecular formula is C10H11NO. The highest BCUT2D eigenvalue weighted by Gasteiger charge is 2.42. The second-order valence-corrected chi connectivity index (χ2v) is 3.57. The van der Waals surface area contributed by atoms with Crippen molar-refractivity contribution in [3.8, 4) is 0 Å². The molecule has 0 spiro atoms. The van der Waals surface area contributed by atoms with Crippen molar-refractivity contribution >= 4 is 0 Å². The van der Waals surface area contributed by atoms with Crippen LogP contribution in [0.25, 0.3) is 0 Å². The number of fused-ring (bicyclic) bond motifs is 5. The van der Waals surface area contributed by atoms with Gasteiger partial charge in [-0.3, -0.25) is 0 Å². The number of benzene rings is 1. The van der Waals surface area contributed by atoms with Crippen LogP contribution in [0.4, 0.5) is 0 Å². The summed E-state index contributed by atoms with van der Waals surface area (Å²) in [5.41, 5.74) is 8.57. The quantitative estimate of drug-likeness (QED) is 0.626. The number of hydrogen-bond donors (Lipinski definition) is 1. The van der Waals surface area contributed by atoms with Crippen molar-refractivity contribution in [2.24, 2.45) is 5.73 Å². The van der Waals surface area contributed by atoms with E-state index in [0.717, 1.165) is 6.42 Å². The third-order valence-electron chi connectivity index (χ3n) is 2.84. The molecule has 0 radical (unpaired) electrons. The predicted molar refractivity (Wildman–Crippen MR) is 45.6 cm³/mol. The standard InChI is InChI=1S/C10H11NO/c11-8-5-9-6-3-1-2-4-7(6)10(8)12-9/h1-4,8-10H,5,11H2/t8-,9-,10-/m1/s1. The average molecular weight is 161 g/mol. The van der Waals surface area contributed by atoms with E-state index in [4.69, 9.17) is 10.5 Å². The second kappa shape index (κ2) is 2.09. The van der Waals surface area contributed by atoms with Crippen molar-refractivity contribution in [3.05, 3.63) is 35.4 Å². The van der Waals surface area contributed by atoms with Crippen molar-refractivity contribution in [2.45, 2.75) is 24.7 Å². The maximum absolute atomic E-state index is 5.91. The summed E-state index contributed by atoms with van der Waals surface area (Å²) in [6, 6.07) is 8.60. The lowest BCUT2D eigenvalue weighted by molar-refractivity contribution is 0.0679. The van der Waals surface area contributed by atoms with Crippen LogP contribution in [0.1, 0.15) is 29.8 Å². The minimum atomic E-state index is 0.172. The second-order valence-electron chi connectivity index (χ2n) is 3.57. The molecule has 3 atom stereocenters. The van der Waals surface area contributed by atoms with Crippen LogP contribution in [0, 0.1) is 0 Å². The van der Waals surface area contributed by atoms with Gasteiger partial charge in [0.25, 0.3) is 0 Å². The van der Waals surface area contributed by atoms with Crippen molar-refractivity contribution < 1.29 is 4.74 Å². The fourth-order valence-corrected chi connectivity index (χ4v) is 2.27. The summed E-state index contributed by atoms with van der Waals surface area (Å²) >= 11 is 0. The lowest BCUT2D eigenvalue weighted by Gasteiger charge is -2.16. The monoisotopic (exact) mass is 161 g/mol. The van der Waals surface area contributed by atoms with E-state index in [2.05, 4.69) is 24.3 Å². The van der Waals surface area contributed by atoms with Gasteiger partial charge in [-0.1, -0.05) is 24.3 Å². The van der Waals surface area contributed by atoms with E-state index in [9.17, 15) is 0 Å². The molecule has 0 unspecified atom stereocenters. The van der Waals surface area contributed by atoms with Crippen LogP contribution >= 0.6 is 0 Å². The Morgan fingerprint density at radius 1 is 1.25 bits per heavy atom. The summed E-state index contributed by atoms with van der Waals surface area (Å²) in [4.78, 5) is 0. The Bertz CT molecular complexity index is 323. The first kappa shape index (κ1) is 6.63. The summed E-state index contributed by atoms with van der Waals surface area (Å²) in [7, 11) is 0. The first-order valence-electron chi connectivity index (χ1n) is 4.36. The van der Waals surface area contributed by atoms with Gasteiger partial charge in [0.2, 0.25) is 0 Å². The third-order valence-corrected chi connectivity index (χ3v) is 2.84. The van der Waals surface area contributed by atoms with Gasteiger partial charge in [0.1, 0.15) is 0 Å². The van der Waals surface area contributed by atoms with E-state index in [1.165, 1.54) is 11.1 Å². The molecule has 2 heterocycles. The average Bonchev–Trinajstić information content (AvgIpc) is 2.62. The highest BCUT2D eigenvalue weighted by molar-refractivity contribution is 5.38. The van der Waals surface area contributed by atoms with Crippen molar-refractivity contribution in [3.63, 3.8) is 0 Å². The maximum Gasteiger partial charge on any atom is 0.0988 e. The van der Waals surface area contributed by atoms with Gasteiger partial charge in [-0.05, 0) is 17.5 Å². The molecule has 1 saturated heterocycles. The van der Waals surface area contributed by atoms with E-state index in [-0.39, 0.29) is 18.2 Å². The Morgan fingerprint density at radius 3 is 2.83 bits per heavy atom. The van der Waals surface area contributed by atoms with Crippen LogP contribution < -0.4 is 5.73 Å². The first-order valence-corrected chi connectivity index (χ1v) is 4.36. The van der Waals surface area contributed by atoms with Crippen molar-refractivity contribution in [1.29, 1.82) is 0 Å². The first-order chi connectivity index (χ1) is 5.86. The van der Waals surface area contributed by atoms with Crippen LogP contribution in [0.15, 0.2) is 24.3 Å². The summed E-state index contributed by atoms with van der Waals surface area (Å²) in [5, 5.41) is 0. The van der Waals surface area contributed by atoms with Crippen molar-refractivity contribution in [1.82, 2.24) is 0 Å². The molecule has 0 aliphatic carbocycles. The third kappa shape index (κ3) is 0.667. The van der Waals surface area contributed by atoms with Gasteiger partial charge in [-0.2, -0.15) is 0 Å². The number of nitrogens with two attached hydrogens (primary N) is 1. The van der Waals surface area contributed by atoms with Crippen LogP contribution in [-0.4, -0.2) is 6.04 Å². The molecule has 2 aliphatic heterocycles. The molecule has 3 rings (SSSR count). The fourth-order valence-electron chi connectivity index (χ4n) is 2.27. The Morgan fingerprint density at radius 2 is 2.00 bits per heavy atom. The van der Waals surface area contributed by atoms with Gasteiger partial charge >= 0.3 is 0 Å². The molecule has 2 nitrogen and oxygen atoms in total. The molecule has 62 valence electrons.